The minimum atomic E-state index is -0.906. The Hall–Kier alpha value is -2.46. The highest BCUT2D eigenvalue weighted by molar-refractivity contribution is 5.78. The molecule has 3 aromatic rings. The zero-order valence-electron chi connectivity index (χ0n) is 17.7. The molecule has 7 nitrogen and oxygen atoms in total. The minimum absolute atomic E-state index is 0.410. The van der Waals surface area contributed by atoms with Gasteiger partial charge in [0.05, 0.1) is 11.7 Å². The van der Waals surface area contributed by atoms with Gasteiger partial charge in [0.2, 0.25) is 0 Å². The number of halogens is 2. The number of ether oxygens (including phenoxy) is 3. The van der Waals surface area contributed by atoms with Gasteiger partial charge in [-0.25, -0.2) is 18.7 Å². The predicted octanol–water partition coefficient (Wildman–Crippen LogP) is 3.40. The summed E-state index contributed by atoms with van der Waals surface area (Å²) in [5.74, 6) is -2.61. The molecule has 0 spiro atoms. The van der Waals surface area contributed by atoms with Crippen molar-refractivity contribution in [3.63, 3.8) is 0 Å². The standard InChI is InChI=1S/C22H24F2N4O3/c1-11-13-7-8-28(20(13)27-10-26-11)21-19-18(30-22(2,3)31-19)17(29-21)16(25-4)12-5-6-14(23)15(24)9-12/h5-10,16-19,21,25H,1-4H3/t16-,17-,18-,19-,21-/m1/s1. The summed E-state index contributed by atoms with van der Waals surface area (Å²) in [6, 6.07) is 5.36. The van der Waals surface area contributed by atoms with Crippen LogP contribution in [-0.4, -0.2) is 45.7 Å². The Morgan fingerprint density at radius 2 is 1.87 bits per heavy atom. The molecule has 164 valence electrons. The van der Waals surface area contributed by atoms with Gasteiger partial charge in [0.15, 0.2) is 23.6 Å². The van der Waals surface area contributed by atoms with Gasteiger partial charge in [-0.3, -0.25) is 0 Å². The van der Waals surface area contributed by atoms with Gasteiger partial charge in [-0.15, -0.1) is 0 Å². The molecule has 4 heterocycles. The number of benzene rings is 1. The van der Waals surface area contributed by atoms with Gasteiger partial charge in [0.1, 0.15) is 30.3 Å². The van der Waals surface area contributed by atoms with Crippen molar-refractivity contribution in [2.75, 3.05) is 7.05 Å². The van der Waals surface area contributed by atoms with Crippen molar-refractivity contribution in [1.82, 2.24) is 19.9 Å². The molecule has 0 amide bonds. The quantitative estimate of drug-likeness (QED) is 0.684. The van der Waals surface area contributed by atoms with E-state index in [4.69, 9.17) is 14.2 Å². The lowest BCUT2D eigenvalue weighted by Crippen LogP contribution is -2.39. The fourth-order valence-electron chi connectivity index (χ4n) is 4.63. The van der Waals surface area contributed by atoms with E-state index in [2.05, 4.69) is 15.3 Å². The van der Waals surface area contributed by atoms with Crippen LogP contribution in [0.25, 0.3) is 11.0 Å². The van der Waals surface area contributed by atoms with E-state index in [9.17, 15) is 8.78 Å². The second kappa shape index (κ2) is 7.30. The largest absolute Gasteiger partial charge is 0.347 e. The van der Waals surface area contributed by atoms with E-state index in [1.54, 1.807) is 13.1 Å². The lowest BCUT2D eigenvalue weighted by atomic mass is 9.96. The van der Waals surface area contributed by atoms with Crippen molar-refractivity contribution >= 4 is 11.0 Å². The lowest BCUT2D eigenvalue weighted by Gasteiger charge is -2.29. The molecule has 5 atom stereocenters. The molecule has 1 aromatic carbocycles. The average Bonchev–Trinajstić information content (AvgIpc) is 3.37. The minimum Gasteiger partial charge on any atom is -0.347 e. The average molecular weight is 430 g/mol. The van der Waals surface area contributed by atoms with Crippen molar-refractivity contribution in [3.8, 4) is 0 Å². The molecule has 0 radical (unpaired) electrons. The van der Waals surface area contributed by atoms with E-state index >= 15 is 0 Å². The highest BCUT2D eigenvalue weighted by atomic mass is 19.2. The highest BCUT2D eigenvalue weighted by Gasteiger charge is 2.58. The van der Waals surface area contributed by atoms with Crippen LogP contribution in [0.4, 0.5) is 8.78 Å². The number of hydrogen-bond donors (Lipinski definition) is 1. The fourth-order valence-corrected chi connectivity index (χ4v) is 4.63. The number of nitrogens with zero attached hydrogens (tertiary/aromatic N) is 3. The monoisotopic (exact) mass is 430 g/mol. The summed E-state index contributed by atoms with van der Waals surface area (Å²) in [5, 5.41) is 4.10. The maximum atomic E-state index is 13.9. The van der Waals surface area contributed by atoms with Crippen LogP contribution in [0.5, 0.6) is 0 Å². The van der Waals surface area contributed by atoms with Crippen LogP contribution < -0.4 is 5.32 Å². The van der Waals surface area contributed by atoms with Gasteiger partial charge in [0.25, 0.3) is 0 Å². The van der Waals surface area contributed by atoms with Crippen LogP contribution in [0.1, 0.15) is 37.4 Å². The Morgan fingerprint density at radius 3 is 2.61 bits per heavy atom. The fraction of sp³-hybridized carbons (Fsp3) is 0.455. The maximum Gasteiger partial charge on any atom is 0.164 e. The Labute approximate surface area is 178 Å². The van der Waals surface area contributed by atoms with Crippen molar-refractivity contribution in [2.45, 2.75) is 57.1 Å². The third-order valence-electron chi connectivity index (χ3n) is 5.99. The molecule has 0 unspecified atom stereocenters. The van der Waals surface area contributed by atoms with E-state index in [0.29, 0.717) is 5.56 Å². The van der Waals surface area contributed by atoms with Gasteiger partial charge < -0.3 is 24.1 Å². The zero-order chi connectivity index (χ0) is 21.9. The van der Waals surface area contributed by atoms with Crippen LogP contribution in [0.15, 0.2) is 36.8 Å². The Kier molecular flexibility index (Phi) is 4.82. The first kappa shape index (κ1) is 20.4. The Morgan fingerprint density at radius 1 is 1.10 bits per heavy atom. The Bertz CT molecular complexity index is 1140. The second-order valence-corrected chi connectivity index (χ2v) is 8.42. The van der Waals surface area contributed by atoms with Crippen LogP contribution in [0, 0.1) is 18.6 Å². The van der Waals surface area contributed by atoms with Gasteiger partial charge >= 0.3 is 0 Å². The van der Waals surface area contributed by atoms with E-state index in [0.717, 1.165) is 22.8 Å². The molecule has 2 aliphatic rings. The number of rotatable bonds is 4. The van der Waals surface area contributed by atoms with Crippen molar-refractivity contribution in [3.05, 3.63) is 59.7 Å². The number of fused-ring (bicyclic) bond motifs is 2. The molecule has 2 saturated heterocycles. The lowest BCUT2D eigenvalue weighted by molar-refractivity contribution is -0.199. The number of aromatic nitrogens is 3. The molecule has 1 N–H and O–H groups in total. The van der Waals surface area contributed by atoms with E-state index < -0.39 is 48.0 Å². The van der Waals surface area contributed by atoms with Gasteiger partial charge in [-0.2, -0.15) is 0 Å². The second-order valence-electron chi connectivity index (χ2n) is 8.42. The van der Waals surface area contributed by atoms with Gasteiger partial charge in [-0.05, 0) is 51.6 Å². The van der Waals surface area contributed by atoms with E-state index in [-0.39, 0.29) is 0 Å². The zero-order valence-corrected chi connectivity index (χ0v) is 17.7. The summed E-state index contributed by atoms with van der Waals surface area (Å²) in [5.41, 5.74) is 2.17. The molecule has 0 aliphatic carbocycles. The number of aryl methyl sites for hydroxylation is 1. The highest BCUT2D eigenvalue weighted by Crippen LogP contribution is 2.47. The third kappa shape index (κ3) is 3.32. The molecule has 0 saturated carbocycles. The topological polar surface area (TPSA) is 70.4 Å². The summed E-state index contributed by atoms with van der Waals surface area (Å²) in [7, 11) is 1.75. The molecular formula is C22H24F2N4O3. The van der Waals surface area contributed by atoms with Crippen molar-refractivity contribution in [2.24, 2.45) is 0 Å². The van der Waals surface area contributed by atoms with E-state index in [1.807, 2.05) is 37.6 Å². The summed E-state index contributed by atoms with van der Waals surface area (Å²) in [6.45, 7) is 5.63. The summed E-state index contributed by atoms with van der Waals surface area (Å²) < 4.78 is 48.3. The maximum absolute atomic E-state index is 13.9. The predicted molar refractivity (Wildman–Crippen MR) is 108 cm³/mol. The molecule has 9 heteroatoms. The number of hydrogen-bond acceptors (Lipinski definition) is 6. The first-order chi connectivity index (χ1) is 14.8. The third-order valence-corrected chi connectivity index (χ3v) is 5.99. The normalized spacial score (nSPS) is 28.2. The molecule has 31 heavy (non-hydrogen) atoms. The first-order valence-electron chi connectivity index (χ1n) is 10.2. The molecule has 2 aliphatic heterocycles. The van der Waals surface area contributed by atoms with Gasteiger partial charge in [-0.1, -0.05) is 6.07 Å². The number of likely N-dealkylation sites (N-methyl/N-ethyl adjacent to an activating group) is 1. The van der Waals surface area contributed by atoms with Crippen LogP contribution in [0.2, 0.25) is 0 Å². The Balaban J connectivity index is 1.56. The summed E-state index contributed by atoms with van der Waals surface area (Å²) in [4.78, 5) is 8.69. The van der Waals surface area contributed by atoms with Gasteiger partial charge in [0, 0.05) is 11.6 Å². The molecule has 2 fully saturated rings. The van der Waals surface area contributed by atoms with E-state index in [1.165, 1.54) is 12.4 Å². The van der Waals surface area contributed by atoms with Crippen molar-refractivity contribution in [1.29, 1.82) is 0 Å². The number of nitrogens with one attached hydrogen (secondary N) is 1. The molecule has 5 rings (SSSR count). The van der Waals surface area contributed by atoms with Crippen LogP contribution >= 0.6 is 0 Å². The smallest absolute Gasteiger partial charge is 0.164 e. The van der Waals surface area contributed by atoms with Crippen LogP contribution in [0.3, 0.4) is 0 Å². The summed E-state index contributed by atoms with van der Waals surface area (Å²) in [6.07, 6.45) is 1.57. The van der Waals surface area contributed by atoms with Crippen molar-refractivity contribution < 1.29 is 23.0 Å². The summed E-state index contributed by atoms with van der Waals surface area (Å²) >= 11 is 0. The first-order valence-corrected chi connectivity index (χ1v) is 10.2. The van der Waals surface area contributed by atoms with Crippen LogP contribution in [-0.2, 0) is 14.2 Å². The molecule has 0 bridgehead atoms. The SMILES string of the molecule is CN[C@H](c1ccc(F)c(F)c1)[C@H]1O[C@@H](n2ccc3c(C)ncnc32)[C@@H]2OC(C)(C)O[C@@H]21. The molecule has 2 aromatic heterocycles. The molecular weight excluding hydrogens is 406 g/mol.